The molecule has 25 heavy (non-hydrogen) atoms. The Kier molecular flexibility index (Phi) is 8.14. The quantitative estimate of drug-likeness (QED) is 0.224. The van der Waals surface area contributed by atoms with E-state index in [1.807, 2.05) is 0 Å². The van der Waals surface area contributed by atoms with Gasteiger partial charge in [-0.25, -0.2) is 0 Å². The fourth-order valence-corrected chi connectivity index (χ4v) is 11.7. The van der Waals surface area contributed by atoms with E-state index in [1.165, 1.54) is 11.1 Å². The van der Waals surface area contributed by atoms with Crippen molar-refractivity contribution in [1.82, 2.24) is 0 Å². The van der Waals surface area contributed by atoms with Gasteiger partial charge in [0.05, 0.1) is 0 Å². The molecule has 0 N–H and O–H groups in total. The molecule has 0 fully saturated rings. The van der Waals surface area contributed by atoms with Crippen LogP contribution < -0.4 is 0 Å². The molecule has 0 aliphatic heterocycles. The molecule has 0 saturated carbocycles. The Bertz CT molecular complexity index is 600. The van der Waals surface area contributed by atoms with E-state index in [0.717, 1.165) is 0 Å². The van der Waals surface area contributed by atoms with Gasteiger partial charge in [-0.2, -0.15) is 0 Å². The first-order valence-electron chi connectivity index (χ1n) is 8.39. The van der Waals surface area contributed by atoms with Gasteiger partial charge in [0.15, 0.2) is 0 Å². The summed E-state index contributed by atoms with van der Waals surface area (Å²) in [4.78, 5) is 0. The minimum absolute atomic E-state index is 0.0127. The van der Waals surface area contributed by atoms with Gasteiger partial charge in [0.25, 0.3) is 0 Å². The first-order chi connectivity index (χ1) is 11.6. The summed E-state index contributed by atoms with van der Waals surface area (Å²) >= 11 is 1.73. The van der Waals surface area contributed by atoms with Crippen molar-refractivity contribution in [3.63, 3.8) is 0 Å². The van der Waals surface area contributed by atoms with Crippen LogP contribution in [0.3, 0.4) is 0 Å². The van der Waals surface area contributed by atoms with Crippen molar-refractivity contribution >= 4 is 36.3 Å². The SMILES string of the molecule is CC(C)(C[O][Hf]([I])([I])[O]CC(C)(C)c1ccccc1)c1ccccc1. The van der Waals surface area contributed by atoms with E-state index in [0.29, 0.717) is 13.2 Å². The van der Waals surface area contributed by atoms with Crippen LogP contribution in [0.2, 0.25) is 0 Å². The molecule has 0 heterocycles. The van der Waals surface area contributed by atoms with Crippen LogP contribution in [-0.4, -0.2) is 13.2 Å². The summed E-state index contributed by atoms with van der Waals surface area (Å²) in [6.45, 7) is 10.3. The van der Waals surface area contributed by atoms with Crippen LogP contribution in [0.5, 0.6) is 0 Å². The zero-order valence-corrected chi connectivity index (χ0v) is 23.2. The van der Waals surface area contributed by atoms with Crippen LogP contribution >= 0.6 is 36.3 Å². The number of hydrogen-bond acceptors (Lipinski definition) is 2. The second-order valence-corrected chi connectivity index (χ2v) is 53.1. The maximum atomic E-state index is 6.35. The summed E-state index contributed by atoms with van der Waals surface area (Å²) in [6.07, 6.45) is 0. The summed E-state index contributed by atoms with van der Waals surface area (Å²) in [5.74, 6) is 0. The van der Waals surface area contributed by atoms with Crippen molar-refractivity contribution in [2.45, 2.75) is 38.5 Å². The standard InChI is InChI=1S/2C10H13O.Hf.2HI/c2*1-10(2,8-11)9-6-4-3-5-7-9;;;/h2*3-7H,8H2,1-2H3;;2*1H/q2*-1;+4;;/p-2. The molecule has 0 unspecified atom stereocenters. The van der Waals surface area contributed by atoms with Gasteiger partial charge in [0, 0.05) is 0 Å². The second kappa shape index (κ2) is 9.26. The fraction of sp³-hybridized carbons (Fsp3) is 0.400. The number of benzene rings is 2. The Morgan fingerprint density at radius 2 is 1.00 bits per heavy atom. The topological polar surface area (TPSA) is 18.5 Å². The van der Waals surface area contributed by atoms with Crippen LogP contribution in [0.25, 0.3) is 0 Å². The Labute approximate surface area is 176 Å². The summed E-state index contributed by atoms with van der Waals surface area (Å²) in [5, 5.41) is 0. The summed E-state index contributed by atoms with van der Waals surface area (Å²) < 4.78 is 12.7. The van der Waals surface area contributed by atoms with Gasteiger partial charge in [-0.1, -0.05) is 0 Å². The van der Waals surface area contributed by atoms with Gasteiger partial charge in [-0.3, -0.25) is 0 Å². The van der Waals surface area contributed by atoms with Crippen molar-refractivity contribution in [2.75, 3.05) is 13.2 Å². The third-order valence-corrected chi connectivity index (χ3v) is 18.0. The predicted molar refractivity (Wildman–Crippen MR) is 119 cm³/mol. The van der Waals surface area contributed by atoms with E-state index >= 15 is 0 Å². The van der Waals surface area contributed by atoms with E-state index in [1.54, 1.807) is 0 Å². The summed E-state index contributed by atoms with van der Waals surface area (Å²) in [6, 6.07) is 21.1. The predicted octanol–water partition coefficient (Wildman–Crippen LogP) is 6.66. The van der Waals surface area contributed by atoms with Crippen LogP contribution in [0.1, 0.15) is 38.8 Å². The van der Waals surface area contributed by atoms with Crippen LogP contribution in [0.4, 0.5) is 0 Å². The zero-order valence-electron chi connectivity index (χ0n) is 15.3. The molecule has 0 aliphatic rings. The monoisotopic (exact) mass is 732 g/mol. The molecule has 2 aromatic rings. The third-order valence-electron chi connectivity index (χ3n) is 4.31. The van der Waals surface area contributed by atoms with Crippen molar-refractivity contribution in [3.8, 4) is 0 Å². The Morgan fingerprint density at radius 3 is 1.32 bits per heavy atom. The van der Waals surface area contributed by atoms with Crippen molar-refractivity contribution in [3.05, 3.63) is 71.8 Å². The molecule has 2 rings (SSSR count). The van der Waals surface area contributed by atoms with Gasteiger partial charge >= 0.3 is 178 Å². The first-order valence-corrected chi connectivity index (χ1v) is 31.7. The van der Waals surface area contributed by atoms with Gasteiger partial charge in [0.2, 0.25) is 0 Å². The molecule has 2 nitrogen and oxygen atoms in total. The number of hydrogen-bond donors (Lipinski definition) is 0. The Balaban J connectivity index is 1.93. The molecule has 0 aliphatic carbocycles. The van der Waals surface area contributed by atoms with E-state index in [-0.39, 0.29) is 10.8 Å². The molecular formula is C20H26HfI2O2. The van der Waals surface area contributed by atoms with Crippen molar-refractivity contribution < 1.29 is 18.2 Å². The van der Waals surface area contributed by atoms with E-state index < -0.39 is 12.5 Å². The van der Waals surface area contributed by atoms with Crippen LogP contribution in [0.15, 0.2) is 60.7 Å². The normalized spacial score (nSPS) is 13.0. The van der Waals surface area contributed by atoms with Crippen molar-refractivity contribution in [1.29, 1.82) is 0 Å². The van der Waals surface area contributed by atoms with Crippen LogP contribution in [0, 0.1) is 0 Å². The van der Waals surface area contributed by atoms with Gasteiger partial charge in [-0.05, 0) is 0 Å². The molecule has 136 valence electrons. The van der Waals surface area contributed by atoms with Gasteiger partial charge < -0.3 is 0 Å². The molecule has 0 radical (unpaired) electrons. The molecule has 0 aromatic heterocycles. The molecular weight excluding hydrogens is 705 g/mol. The van der Waals surface area contributed by atoms with Gasteiger partial charge in [0.1, 0.15) is 0 Å². The fourth-order valence-electron chi connectivity index (χ4n) is 2.52. The number of rotatable bonds is 8. The van der Waals surface area contributed by atoms with E-state index in [2.05, 4.69) is 125 Å². The van der Waals surface area contributed by atoms with Gasteiger partial charge in [-0.15, -0.1) is 0 Å². The summed E-state index contributed by atoms with van der Waals surface area (Å²) in [5.41, 5.74) is 2.58. The van der Waals surface area contributed by atoms with E-state index in [9.17, 15) is 0 Å². The Hall–Kier alpha value is 0.690. The molecule has 0 spiro atoms. The molecule has 5 heteroatoms. The average molecular weight is 731 g/mol. The maximum absolute atomic E-state index is 6.35. The molecule has 2 aromatic carbocycles. The average Bonchev–Trinajstić information content (AvgIpc) is 2.60. The molecule has 0 bridgehead atoms. The second-order valence-electron chi connectivity index (χ2n) is 7.54. The molecule has 0 atom stereocenters. The van der Waals surface area contributed by atoms with E-state index in [4.69, 9.17) is 5.71 Å². The van der Waals surface area contributed by atoms with Crippen LogP contribution in [-0.2, 0) is 29.1 Å². The minimum atomic E-state index is -3.19. The Morgan fingerprint density at radius 1 is 0.680 bits per heavy atom. The first kappa shape index (κ1) is 22.0. The van der Waals surface area contributed by atoms with Crippen molar-refractivity contribution in [2.24, 2.45) is 0 Å². The molecule has 0 amide bonds. The number of halogens is 2. The summed E-state index contributed by atoms with van der Waals surface area (Å²) in [7, 11) is 0. The zero-order chi connectivity index (χ0) is 18.6. The molecule has 0 saturated heterocycles. The third kappa shape index (κ3) is 6.97.